The normalized spacial score (nSPS) is 10.8. The third-order valence-electron chi connectivity index (χ3n) is 2.03. The van der Waals surface area contributed by atoms with Gasteiger partial charge in [0, 0.05) is 15.5 Å². The lowest BCUT2D eigenvalue weighted by molar-refractivity contribution is 0.483. The number of thiophene rings is 1. The Labute approximate surface area is 75.3 Å². The van der Waals surface area contributed by atoms with Crippen LogP contribution in [0.3, 0.4) is 0 Å². The van der Waals surface area contributed by atoms with Crippen LogP contribution in [-0.2, 0) is 6.42 Å². The minimum absolute atomic E-state index is 0.408. The van der Waals surface area contributed by atoms with E-state index >= 15 is 0 Å². The molecule has 0 saturated heterocycles. The molecule has 1 heterocycles. The fourth-order valence-electron chi connectivity index (χ4n) is 1.28. The van der Waals surface area contributed by atoms with Crippen LogP contribution >= 0.6 is 11.3 Å². The monoisotopic (exact) mass is 178 g/mol. The summed E-state index contributed by atoms with van der Waals surface area (Å²) in [4.78, 5) is 0. The first-order chi connectivity index (χ1) is 5.81. The molecule has 0 atom stereocenters. The molecule has 0 amide bonds. The third-order valence-corrected chi connectivity index (χ3v) is 2.98. The van der Waals surface area contributed by atoms with Gasteiger partial charge in [-0.2, -0.15) is 0 Å². The summed E-state index contributed by atoms with van der Waals surface area (Å²) in [6, 6.07) is 6.23. The van der Waals surface area contributed by atoms with Crippen molar-refractivity contribution in [2.75, 3.05) is 0 Å². The molecule has 62 valence electrons. The smallest absolute Gasteiger partial charge is 0.134 e. The number of benzene rings is 1. The Morgan fingerprint density at radius 2 is 2.25 bits per heavy atom. The first kappa shape index (κ1) is 7.62. The summed E-state index contributed by atoms with van der Waals surface area (Å²) in [7, 11) is 0. The number of rotatable bonds is 1. The minimum Gasteiger partial charge on any atom is -0.506 e. The SMILES string of the molecule is CCc1ccc2scc(O)c2c1. The Kier molecular flexibility index (Phi) is 1.77. The zero-order valence-corrected chi connectivity index (χ0v) is 7.69. The summed E-state index contributed by atoms with van der Waals surface area (Å²) < 4.78 is 1.16. The maximum Gasteiger partial charge on any atom is 0.134 e. The summed E-state index contributed by atoms with van der Waals surface area (Å²) in [6.07, 6.45) is 1.02. The van der Waals surface area contributed by atoms with Crippen LogP contribution in [0.15, 0.2) is 23.6 Å². The predicted octanol–water partition coefficient (Wildman–Crippen LogP) is 3.17. The van der Waals surface area contributed by atoms with Gasteiger partial charge in [-0.05, 0) is 24.1 Å². The molecule has 0 aliphatic carbocycles. The van der Waals surface area contributed by atoms with E-state index in [9.17, 15) is 5.11 Å². The molecule has 1 nitrogen and oxygen atoms in total. The van der Waals surface area contributed by atoms with Crippen molar-refractivity contribution < 1.29 is 5.11 Å². The largest absolute Gasteiger partial charge is 0.506 e. The second kappa shape index (κ2) is 2.79. The second-order valence-electron chi connectivity index (χ2n) is 2.81. The van der Waals surface area contributed by atoms with Gasteiger partial charge in [0.25, 0.3) is 0 Å². The van der Waals surface area contributed by atoms with Crippen LogP contribution in [0.1, 0.15) is 12.5 Å². The molecule has 1 aromatic heterocycles. The third kappa shape index (κ3) is 1.08. The molecule has 1 N–H and O–H groups in total. The van der Waals surface area contributed by atoms with E-state index in [-0.39, 0.29) is 0 Å². The first-order valence-corrected chi connectivity index (χ1v) is 4.88. The second-order valence-corrected chi connectivity index (χ2v) is 3.72. The molecule has 2 aromatic rings. The van der Waals surface area contributed by atoms with Crippen LogP contribution in [-0.4, -0.2) is 5.11 Å². The highest BCUT2D eigenvalue weighted by Crippen LogP contribution is 2.31. The highest BCUT2D eigenvalue weighted by atomic mass is 32.1. The Morgan fingerprint density at radius 3 is 3.00 bits per heavy atom. The standard InChI is InChI=1S/C10H10OS/c1-2-7-3-4-10-8(5-7)9(11)6-12-10/h3-6,11H,2H2,1H3. The highest BCUT2D eigenvalue weighted by molar-refractivity contribution is 7.17. The van der Waals surface area contributed by atoms with E-state index in [1.165, 1.54) is 5.56 Å². The Bertz CT molecular complexity index is 403. The van der Waals surface area contributed by atoms with E-state index in [0.29, 0.717) is 5.75 Å². The van der Waals surface area contributed by atoms with Gasteiger partial charge >= 0.3 is 0 Å². The van der Waals surface area contributed by atoms with Gasteiger partial charge in [0.2, 0.25) is 0 Å². The van der Waals surface area contributed by atoms with E-state index in [4.69, 9.17) is 0 Å². The number of hydrogen-bond acceptors (Lipinski definition) is 2. The molecule has 2 rings (SSSR count). The summed E-state index contributed by atoms with van der Waals surface area (Å²) in [5.41, 5.74) is 1.27. The zero-order valence-electron chi connectivity index (χ0n) is 6.87. The summed E-state index contributed by atoms with van der Waals surface area (Å²) in [6.45, 7) is 2.12. The van der Waals surface area contributed by atoms with Crippen molar-refractivity contribution in [2.45, 2.75) is 13.3 Å². The van der Waals surface area contributed by atoms with E-state index in [2.05, 4.69) is 25.1 Å². The van der Waals surface area contributed by atoms with Crippen LogP contribution in [0.4, 0.5) is 0 Å². The number of hydrogen-bond donors (Lipinski definition) is 1. The Hall–Kier alpha value is -1.02. The van der Waals surface area contributed by atoms with Gasteiger partial charge < -0.3 is 5.11 Å². The van der Waals surface area contributed by atoms with Gasteiger partial charge in [-0.3, -0.25) is 0 Å². The van der Waals surface area contributed by atoms with Crippen LogP contribution in [0.25, 0.3) is 10.1 Å². The van der Waals surface area contributed by atoms with Crippen molar-refractivity contribution in [3.05, 3.63) is 29.1 Å². The highest BCUT2D eigenvalue weighted by Gasteiger charge is 2.01. The van der Waals surface area contributed by atoms with Gasteiger partial charge in [0.1, 0.15) is 5.75 Å². The number of aromatic hydroxyl groups is 1. The average molecular weight is 178 g/mol. The number of fused-ring (bicyclic) bond motifs is 1. The molecule has 0 aliphatic rings. The van der Waals surface area contributed by atoms with Gasteiger partial charge in [-0.1, -0.05) is 13.0 Å². The lowest BCUT2D eigenvalue weighted by atomic mass is 10.1. The van der Waals surface area contributed by atoms with Crippen molar-refractivity contribution in [2.24, 2.45) is 0 Å². The molecule has 12 heavy (non-hydrogen) atoms. The molecule has 0 radical (unpaired) electrons. The molecule has 0 spiro atoms. The lowest BCUT2D eigenvalue weighted by Crippen LogP contribution is -1.76. The molecule has 0 fully saturated rings. The molecule has 2 heteroatoms. The van der Waals surface area contributed by atoms with Gasteiger partial charge in [0.15, 0.2) is 0 Å². The lowest BCUT2D eigenvalue weighted by Gasteiger charge is -1.95. The maximum atomic E-state index is 9.44. The fraction of sp³-hybridized carbons (Fsp3) is 0.200. The van der Waals surface area contributed by atoms with Gasteiger partial charge in [-0.15, -0.1) is 11.3 Å². The Balaban J connectivity index is 2.71. The van der Waals surface area contributed by atoms with Crippen molar-refractivity contribution in [3.8, 4) is 5.75 Å². The topological polar surface area (TPSA) is 20.2 Å². The van der Waals surface area contributed by atoms with Gasteiger partial charge in [-0.25, -0.2) is 0 Å². The predicted molar refractivity (Wildman–Crippen MR) is 52.9 cm³/mol. The van der Waals surface area contributed by atoms with E-state index in [1.807, 2.05) is 0 Å². The Morgan fingerprint density at radius 1 is 1.42 bits per heavy atom. The average Bonchev–Trinajstić information content (AvgIpc) is 2.47. The summed E-state index contributed by atoms with van der Waals surface area (Å²) >= 11 is 1.58. The van der Waals surface area contributed by atoms with Crippen molar-refractivity contribution in [3.63, 3.8) is 0 Å². The van der Waals surface area contributed by atoms with E-state index < -0.39 is 0 Å². The minimum atomic E-state index is 0.408. The maximum absolute atomic E-state index is 9.44. The molecule has 1 aromatic carbocycles. The molecular weight excluding hydrogens is 168 g/mol. The number of aryl methyl sites for hydroxylation is 1. The van der Waals surface area contributed by atoms with Crippen LogP contribution < -0.4 is 0 Å². The quantitative estimate of drug-likeness (QED) is 0.711. The molecule has 0 unspecified atom stereocenters. The van der Waals surface area contributed by atoms with Crippen molar-refractivity contribution >= 4 is 21.4 Å². The molecule has 0 saturated carbocycles. The molecule has 0 aliphatic heterocycles. The van der Waals surface area contributed by atoms with Gasteiger partial charge in [0.05, 0.1) is 0 Å². The summed E-state index contributed by atoms with van der Waals surface area (Å²) in [5, 5.41) is 12.2. The summed E-state index contributed by atoms with van der Waals surface area (Å²) in [5.74, 6) is 0.408. The molecule has 0 bridgehead atoms. The van der Waals surface area contributed by atoms with Crippen molar-refractivity contribution in [1.29, 1.82) is 0 Å². The van der Waals surface area contributed by atoms with E-state index in [1.54, 1.807) is 16.7 Å². The fourth-order valence-corrected chi connectivity index (χ4v) is 2.09. The van der Waals surface area contributed by atoms with Crippen molar-refractivity contribution in [1.82, 2.24) is 0 Å². The van der Waals surface area contributed by atoms with Crippen LogP contribution in [0.2, 0.25) is 0 Å². The zero-order chi connectivity index (χ0) is 8.55. The van der Waals surface area contributed by atoms with Crippen LogP contribution in [0.5, 0.6) is 5.75 Å². The molecular formula is C10H10OS. The van der Waals surface area contributed by atoms with Crippen LogP contribution in [0, 0.1) is 0 Å². The first-order valence-electron chi connectivity index (χ1n) is 4.00. The van der Waals surface area contributed by atoms with E-state index in [0.717, 1.165) is 16.5 Å².